The minimum absolute atomic E-state index is 0.140. The number of nitrogens with one attached hydrogen (secondary N) is 1. The van der Waals surface area contributed by atoms with Gasteiger partial charge in [-0.3, -0.25) is 19.5 Å². The van der Waals surface area contributed by atoms with Crippen LogP contribution in [-0.2, 0) is 11.3 Å². The highest BCUT2D eigenvalue weighted by molar-refractivity contribution is 8.00. The molecule has 0 aliphatic carbocycles. The first kappa shape index (κ1) is 18.0. The second kappa shape index (κ2) is 7.48. The predicted molar refractivity (Wildman–Crippen MR) is 93.9 cm³/mol. The molecule has 1 heterocycles. The predicted octanol–water partition coefficient (Wildman–Crippen LogP) is 1.73. The quantitative estimate of drug-likeness (QED) is 0.632. The van der Waals surface area contributed by atoms with Crippen molar-refractivity contribution in [2.24, 2.45) is 11.7 Å². The van der Waals surface area contributed by atoms with Gasteiger partial charge in [0.1, 0.15) is 0 Å². The molecule has 7 nitrogen and oxygen atoms in total. The summed E-state index contributed by atoms with van der Waals surface area (Å²) in [7, 11) is 0. The standard InChI is InChI=1S/C16H20N4O3S/c1-9(2)8-20-14(22)11-6-4-5-7-12(11)18-16(20)24-10(3)13(21)19-15(17)23/h4-7,9-10H,8H2,1-3H3,(H3,17,19,21,23)/t10-/m1/s1. The van der Waals surface area contributed by atoms with E-state index in [0.717, 1.165) is 11.8 Å². The Balaban J connectivity index is 2.45. The number of fused-ring (bicyclic) bond motifs is 1. The van der Waals surface area contributed by atoms with Crippen molar-refractivity contribution in [1.82, 2.24) is 14.9 Å². The van der Waals surface area contributed by atoms with E-state index in [1.165, 1.54) is 0 Å². The van der Waals surface area contributed by atoms with Crippen molar-refractivity contribution in [2.75, 3.05) is 0 Å². The van der Waals surface area contributed by atoms with E-state index in [1.54, 1.807) is 35.8 Å². The van der Waals surface area contributed by atoms with Crippen LogP contribution in [-0.4, -0.2) is 26.7 Å². The van der Waals surface area contributed by atoms with Gasteiger partial charge in [-0.1, -0.05) is 37.7 Å². The van der Waals surface area contributed by atoms with E-state index in [1.807, 2.05) is 19.2 Å². The lowest BCUT2D eigenvalue weighted by atomic mass is 10.2. The molecule has 0 aliphatic rings. The lowest BCUT2D eigenvalue weighted by Crippen LogP contribution is -2.39. The molecule has 0 saturated heterocycles. The van der Waals surface area contributed by atoms with Crippen LogP contribution in [0.4, 0.5) is 4.79 Å². The zero-order valence-corrected chi connectivity index (χ0v) is 14.6. The average Bonchev–Trinajstić information content (AvgIpc) is 2.50. The van der Waals surface area contributed by atoms with Crippen LogP contribution in [0.15, 0.2) is 34.2 Å². The SMILES string of the molecule is CC(C)Cn1c(S[C@H](C)C(=O)NC(N)=O)nc2ccccc2c1=O. The summed E-state index contributed by atoms with van der Waals surface area (Å²) in [5.74, 6) is -0.286. The Morgan fingerprint density at radius 3 is 2.58 bits per heavy atom. The number of rotatable bonds is 5. The highest BCUT2D eigenvalue weighted by Gasteiger charge is 2.20. The minimum atomic E-state index is -0.904. The van der Waals surface area contributed by atoms with Crippen LogP contribution in [0.3, 0.4) is 0 Å². The number of imide groups is 1. The van der Waals surface area contributed by atoms with E-state index in [2.05, 4.69) is 4.98 Å². The molecule has 0 spiro atoms. The van der Waals surface area contributed by atoms with E-state index >= 15 is 0 Å². The third-order valence-corrected chi connectivity index (χ3v) is 4.36. The number of thioether (sulfide) groups is 1. The number of primary amides is 1. The van der Waals surface area contributed by atoms with Gasteiger partial charge in [-0.2, -0.15) is 0 Å². The normalized spacial score (nSPS) is 12.3. The molecule has 2 rings (SSSR count). The smallest absolute Gasteiger partial charge is 0.318 e. The number of nitrogens with two attached hydrogens (primary N) is 1. The van der Waals surface area contributed by atoms with Crippen molar-refractivity contribution in [3.05, 3.63) is 34.6 Å². The van der Waals surface area contributed by atoms with Crippen molar-refractivity contribution in [3.8, 4) is 0 Å². The maximum atomic E-state index is 12.7. The fourth-order valence-electron chi connectivity index (χ4n) is 2.20. The van der Waals surface area contributed by atoms with Crippen LogP contribution < -0.4 is 16.6 Å². The number of urea groups is 1. The Bertz CT molecular complexity index is 832. The molecule has 0 bridgehead atoms. The summed E-state index contributed by atoms with van der Waals surface area (Å²) in [6, 6.07) is 6.19. The van der Waals surface area contributed by atoms with Crippen molar-refractivity contribution >= 4 is 34.6 Å². The van der Waals surface area contributed by atoms with Gasteiger partial charge in [0, 0.05) is 6.54 Å². The molecule has 2 aromatic rings. The molecule has 0 saturated carbocycles. The zero-order valence-electron chi connectivity index (χ0n) is 13.8. The Morgan fingerprint density at radius 2 is 1.96 bits per heavy atom. The van der Waals surface area contributed by atoms with E-state index in [9.17, 15) is 14.4 Å². The van der Waals surface area contributed by atoms with Gasteiger partial charge in [-0.25, -0.2) is 9.78 Å². The van der Waals surface area contributed by atoms with Crippen LogP contribution in [0.5, 0.6) is 0 Å². The number of carbonyl (C=O) groups is 2. The Kier molecular flexibility index (Phi) is 5.61. The van der Waals surface area contributed by atoms with Gasteiger partial charge in [-0.05, 0) is 25.0 Å². The lowest BCUT2D eigenvalue weighted by Gasteiger charge is -2.17. The summed E-state index contributed by atoms with van der Waals surface area (Å²) < 4.78 is 1.58. The number of carbonyl (C=O) groups excluding carboxylic acids is 2. The van der Waals surface area contributed by atoms with Gasteiger partial charge in [-0.15, -0.1) is 0 Å². The van der Waals surface area contributed by atoms with Crippen molar-refractivity contribution < 1.29 is 9.59 Å². The molecule has 24 heavy (non-hydrogen) atoms. The fourth-order valence-corrected chi connectivity index (χ4v) is 3.12. The maximum absolute atomic E-state index is 12.7. The third-order valence-electron chi connectivity index (χ3n) is 3.27. The molecule has 3 amide bonds. The number of hydrogen-bond donors (Lipinski definition) is 2. The Hall–Kier alpha value is -2.35. The highest BCUT2D eigenvalue weighted by Crippen LogP contribution is 2.23. The monoisotopic (exact) mass is 348 g/mol. The Labute approximate surface area is 143 Å². The molecule has 1 aromatic carbocycles. The highest BCUT2D eigenvalue weighted by atomic mass is 32.2. The summed E-state index contributed by atoms with van der Waals surface area (Å²) in [6.45, 7) is 6.12. The van der Waals surface area contributed by atoms with Crippen LogP contribution >= 0.6 is 11.8 Å². The summed E-state index contributed by atoms with van der Waals surface area (Å²) >= 11 is 1.12. The third kappa shape index (κ3) is 4.14. The zero-order chi connectivity index (χ0) is 17.9. The number of aromatic nitrogens is 2. The van der Waals surface area contributed by atoms with E-state index in [4.69, 9.17) is 5.73 Å². The second-order valence-electron chi connectivity index (χ2n) is 5.83. The molecule has 8 heteroatoms. The molecule has 0 aliphatic heterocycles. The van der Waals surface area contributed by atoms with Gasteiger partial charge in [0.25, 0.3) is 5.56 Å². The molecule has 128 valence electrons. The molecular weight excluding hydrogens is 328 g/mol. The Morgan fingerprint density at radius 1 is 1.29 bits per heavy atom. The summed E-state index contributed by atoms with van der Waals surface area (Å²) in [4.78, 5) is 40.0. The van der Waals surface area contributed by atoms with Crippen LogP contribution in [0.2, 0.25) is 0 Å². The topological polar surface area (TPSA) is 107 Å². The summed E-state index contributed by atoms with van der Waals surface area (Å²) in [5.41, 5.74) is 5.40. The summed E-state index contributed by atoms with van der Waals surface area (Å²) in [5, 5.41) is 2.40. The number of hydrogen-bond acceptors (Lipinski definition) is 5. The van der Waals surface area contributed by atoms with Crippen molar-refractivity contribution in [3.63, 3.8) is 0 Å². The van der Waals surface area contributed by atoms with Crippen molar-refractivity contribution in [1.29, 1.82) is 0 Å². The molecule has 0 radical (unpaired) electrons. The molecule has 3 N–H and O–H groups in total. The minimum Gasteiger partial charge on any atom is -0.351 e. The molecular formula is C16H20N4O3S. The van der Waals surface area contributed by atoms with E-state index in [-0.39, 0.29) is 11.5 Å². The van der Waals surface area contributed by atoms with Gasteiger partial charge in [0.2, 0.25) is 5.91 Å². The van der Waals surface area contributed by atoms with Crippen molar-refractivity contribution in [2.45, 2.75) is 37.7 Å². The van der Waals surface area contributed by atoms with Crippen LogP contribution in [0.25, 0.3) is 10.9 Å². The van der Waals surface area contributed by atoms with Gasteiger partial charge >= 0.3 is 6.03 Å². The number of nitrogens with zero attached hydrogens (tertiary/aromatic N) is 2. The first-order valence-corrected chi connectivity index (χ1v) is 8.44. The molecule has 1 aromatic heterocycles. The first-order valence-electron chi connectivity index (χ1n) is 7.56. The fraction of sp³-hybridized carbons (Fsp3) is 0.375. The van der Waals surface area contributed by atoms with E-state index < -0.39 is 17.2 Å². The number of amides is 3. The lowest BCUT2D eigenvalue weighted by molar-refractivity contribution is -0.119. The van der Waals surface area contributed by atoms with Crippen LogP contribution in [0, 0.1) is 5.92 Å². The molecule has 0 unspecified atom stereocenters. The largest absolute Gasteiger partial charge is 0.351 e. The number of benzene rings is 1. The average molecular weight is 348 g/mol. The van der Waals surface area contributed by atoms with Gasteiger partial charge in [0.15, 0.2) is 5.16 Å². The maximum Gasteiger partial charge on any atom is 0.318 e. The van der Waals surface area contributed by atoms with Crippen LogP contribution in [0.1, 0.15) is 20.8 Å². The number of para-hydroxylation sites is 1. The summed E-state index contributed by atoms with van der Waals surface area (Å²) in [6.07, 6.45) is 0. The second-order valence-corrected chi connectivity index (χ2v) is 7.14. The van der Waals surface area contributed by atoms with Gasteiger partial charge < -0.3 is 5.73 Å². The first-order chi connectivity index (χ1) is 11.3. The van der Waals surface area contributed by atoms with Gasteiger partial charge in [0.05, 0.1) is 16.2 Å². The molecule has 1 atom stereocenters. The molecule has 0 fully saturated rings. The van der Waals surface area contributed by atoms with E-state index in [0.29, 0.717) is 22.6 Å².